The minimum atomic E-state index is -4.46. The number of hydrogen-bond donors (Lipinski definition) is 2. The Balaban J connectivity index is 1.68. The highest BCUT2D eigenvalue weighted by molar-refractivity contribution is 6.01. The number of nitrogens with zero attached hydrogens (tertiary/aromatic N) is 4. The predicted octanol–water partition coefficient (Wildman–Crippen LogP) is 3.78. The van der Waals surface area contributed by atoms with Gasteiger partial charge in [-0.25, -0.2) is 9.97 Å². The number of aromatic amines is 1. The molecule has 1 saturated carbocycles. The topological polar surface area (TPSA) is 99.4 Å². The second-order valence-electron chi connectivity index (χ2n) is 7.74. The van der Waals surface area contributed by atoms with E-state index >= 15 is 0 Å². The predicted molar refractivity (Wildman–Crippen MR) is 103 cm³/mol. The number of halogens is 3. The SMILES string of the molecule is N#CCC1CCC(n2c(CC(=O)NCC(F)(F)F)nc3cnc4[nH]ccc4c32)CC1. The summed E-state index contributed by atoms with van der Waals surface area (Å²) in [7, 11) is 0. The van der Waals surface area contributed by atoms with Crippen LogP contribution in [-0.4, -0.2) is 38.1 Å². The molecule has 0 saturated heterocycles. The number of amides is 1. The van der Waals surface area contributed by atoms with Gasteiger partial charge in [0.05, 0.1) is 24.2 Å². The van der Waals surface area contributed by atoms with Crippen LogP contribution in [-0.2, 0) is 11.2 Å². The third-order valence-corrected chi connectivity index (χ3v) is 5.67. The van der Waals surface area contributed by atoms with Crippen molar-refractivity contribution in [2.75, 3.05) is 6.54 Å². The van der Waals surface area contributed by atoms with Crippen molar-refractivity contribution in [2.45, 2.75) is 50.7 Å². The van der Waals surface area contributed by atoms with Gasteiger partial charge in [0, 0.05) is 24.0 Å². The van der Waals surface area contributed by atoms with E-state index in [0.717, 1.165) is 36.6 Å². The number of pyridine rings is 1. The Morgan fingerprint density at radius 2 is 2.10 bits per heavy atom. The molecule has 1 fully saturated rings. The van der Waals surface area contributed by atoms with Gasteiger partial charge in [0.1, 0.15) is 23.5 Å². The molecule has 3 aromatic rings. The smallest absolute Gasteiger partial charge is 0.347 e. The van der Waals surface area contributed by atoms with E-state index in [4.69, 9.17) is 5.26 Å². The molecule has 0 radical (unpaired) electrons. The van der Waals surface area contributed by atoms with Gasteiger partial charge >= 0.3 is 6.18 Å². The first kappa shape index (κ1) is 20.2. The lowest BCUT2D eigenvalue weighted by Gasteiger charge is -2.30. The molecule has 0 atom stereocenters. The number of aromatic nitrogens is 4. The molecule has 10 heteroatoms. The molecular formula is C20H21F3N6O. The molecule has 158 valence electrons. The number of carbonyl (C=O) groups excluding carboxylic acids is 1. The molecule has 0 aromatic carbocycles. The van der Waals surface area contributed by atoms with E-state index in [1.165, 1.54) is 0 Å². The van der Waals surface area contributed by atoms with Crippen LogP contribution < -0.4 is 5.32 Å². The van der Waals surface area contributed by atoms with E-state index in [0.29, 0.717) is 29.3 Å². The van der Waals surface area contributed by atoms with Gasteiger partial charge < -0.3 is 14.9 Å². The third kappa shape index (κ3) is 4.10. The first-order valence-corrected chi connectivity index (χ1v) is 9.89. The number of hydrogen-bond acceptors (Lipinski definition) is 4. The van der Waals surface area contributed by atoms with Gasteiger partial charge in [-0.2, -0.15) is 18.4 Å². The second-order valence-corrected chi connectivity index (χ2v) is 7.74. The van der Waals surface area contributed by atoms with Crippen molar-refractivity contribution in [3.8, 4) is 6.07 Å². The maximum Gasteiger partial charge on any atom is 0.405 e. The van der Waals surface area contributed by atoms with Gasteiger partial charge in [-0.15, -0.1) is 0 Å². The first-order chi connectivity index (χ1) is 14.4. The fraction of sp³-hybridized carbons (Fsp3) is 0.500. The summed E-state index contributed by atoms with van der Waals surface area (Å²) in [4.78, 5) is 24.1. The van der Waals surface area contributed by atoms with Gasteiger partial charge in [0.15, 0.2) is 0 Å². The van der Waals surface area contributed by atoms with Crippen molar-refractivity contribution >= 4 is 28.0 Å². The molecule has 0 bridgehead atoms. The molecule has 0 unspecified atom stereocenters. The van der Waals surface area contributed by atoms with E-state index in [2.05, 4.69) is 21.0 Å². The number of carbonyl (C=O) groups is 1. The largest absolute Gasteiger partial charge is 0.405 e. The summed E-state index contributed by atoms with van der Waals surface area (Å²) in [5, 5.41) is 11.7. The summed E-state index contributed by atoms with van der Waals surface area (Å²) >= 11 is 0. The van der Waals surface area contributed by atoms with Gasteiger partial charge in [-0.05, 0) is 37.7 Å². The Morgan fingerprint density at radius 3 is 2.80 bits per heavy atom. The van der Waals surface area contributed by atoms with E-state index in [1.54, 1.807) is 12.4 Å². The average Bonchev–Trinajstić information content (AvgIpc) is 3.30. The molecule has 7 nitrogen and oxygen atoms in total. The zero-order valence-electron chi connectivity index (χ0n) is 16.2. The number of fused-ring (bicyclic) bond motifs is 3. The fourth-order valence-corrected chi connectivity index (χ4v) is 4.30. The maximum atomic E-state index is 12.5. The lowest BCUT2D eigenvalue weighted by molar-refractivity contribution is -0.138. The van der Waals surface area contributed by atoms with Crippen LogP contribution in [0.4, 0.5) is 13.2 Å². The number of H-pyrrole nitrogens is 1. The molecule has 3 heterocycles. The van der Waals surface area contributed by atoms with E-state index in [-0.39, 0.29) is 12.5 Å². The molecule has 0 aliphatic heterocycles. The minimum Gasteiger partial charge on any atom is -0.347 e. The summed E-state index contributed by atoms with van der Waals surface area (Å²) in [6.07, 6.45) is 2.63. The van der Waals surface area contributed by atoms with Gasteiger partial charge in [-0.1, -0.05) is 0 Å². The maximum absolute atomic E-state index is 12.5. The average molecular weight is 418 g/mol. The molecule has 1 amide bonds. The van der Waals surface area contributed by atoms with Crippen LogP contribution in [0, 0.1) is 17.2 Å². The van der Waals surface area contributed by atoms with E-state index in [9.17, 15) is 18.0 Å². The molecule has 2 N–H and O–H groups in total. The highest BCUT2D eigenvalue weighted by Gasteiger charge is 2.30. The summed E-state index contributed by atoms with van der Waals surface area (Å²) in [6.45, 7) is -1.37. The molecule has 4 rings (SSSR count). The molecule has 0 spiro atoms. The lowest BCUT2D eigenvalue weighted by atomic mass is 9.84. The zero-order valence-corrected chi connectivity index (χ0v) is 16.2. The second kappa shape index (κ2) is 7.97. The van der Waals surface area contributed by atoms with Crippen LogP contribution in [0.15, 0.2) is 18.5 Å². The zero-order chi connectivity index (χ0) is 21.3. The first-order valence-electron chi connectivity index (χ1n) is 9.89. The van der Waals surface area contributed by atoms with Crippen molar-refractivity contribution < 1.29 is 18.0 Å². The Bertz CT molecular complexity index is 1100. The van der Waals surface area contributed by atoms with Crippen molar-refractivity contribution in [3.05, 3.63) is 24.3 Å². The molecule has 3 aromatic heterocycles. The Kier molecular flexibility index (Phi) is 5.37. The lowest BCUT2D eigenvalue weighted by Crippen LogP contribution is -2.35. The Morgan fingerprint density at radius 1 is 1.33 bits per heavy atom. The molecule has 1 aliphatic carbocycles. The monoisotopic (exact) mass is 418 g/mol. The minimum absolute atomic E-state index is 0.0656. The van der Waals surface area contributed by atoms with Crippen molar-refractivity contribution in [3.63, 3.8) is 0 Å². The summed E-state index contributed by atoms with van der Waals surface area (Å²) in [5.74, 6) is 0.0674. The van der Waals surface area contributed by atoms with Crippen LogP contribution >= 0.6 is 0 Å². The summed E-state index contributed by atoms with van der Waals surface area (Å²) < 4.78 is 39.4. The highest BCUT2D eigenvalue weighted by Crippen LogP contribution is 2.38. The van der Waals surface area contributed by atoms with Crippen LogP contribution in [0.5, 0.6) is 0 Å². The standard InChI is InChI=1S/C20H21F3N6O/c21-20(22,23)11-27-17(30)9-16-28-15-10-26-19-14(6-8-25-19)18(15)29(16)13-3-1-12(2-4-13)5-7-24/h6,8,10,12-13H,1-5,9,11H2,(H,25,26)(H,27,30). The summed E-state index contributed by atoms with van der Waals surface area (Å²) in [6, 6.07) is 4.18. The van der Waals surface area contributed by atoms with Crippen LogP contribution in [0.1, 0.15) is 44.0 Å². The number of rotatable bonds is 5. The number of nitrogens with one attached hydrogen (secondary N) is 2. The molecule has 30 heavy (non-hydrogen) atoms. The van der Waals surface area contributed by atoms with Gasteiger partial charge in [0.25, 0.3) is 0 Å². The molecule has 1 aliphatic rings. The highest BCUT2D eigenvalue weighted by atomic mass is 19.4. The van der Waals surface area contributed by atoms with Crippen LogP contribution in [0.2, 0.25) is 0 Å². The fourth-order valence-electron chi connectivity index (χ4n) is 4.30. The Hall–Kier alpha value is -3.09. The summed E-state index contributed by atoms with van der Waals surface area (Å²) in [5.41, 5.74) is 2.14. The number of imidazole rings is 1. The van der Waals surface area contributed by atoms with Gasteiger partial charge in [-0.3, -0.25) is 4.79 Å². The van der Waals surface area contributed by atoms with Crippen molar-refractivity contribution in [1.82, 2.24) is 24.8 Å². The third-order valence-electron chi connectivity index (χ3n) is 5.67. The van der Waals surface area contributed by atoms with E-state index < -0.39 is 18.6 Å². The molecular weight excluding hydrogens is 397 g/mol. The van der Waals surface area contributed by atoms with Crippen LogP contribution in [0.3, 0.4) is 0 Å². The van der Waals surface area contributed by atoms with Gasteiger partial charge in [0.2, 0.25) is 5.91 Å². The quantitative estimate of drug-likeness (QED) is 0.659. The number of nitriles is 1. The van der Waals surface area contributed by atoms with Crippen LogP contribution in [0.25, 0.3) is 22.1 Å². The Labute approximate surface area is 170 Å². The number of alkyl halides is 3. The normalized spacial score (nSPS) is 19.8. The van der Waals surface area contributed by atoms with Crippen molar-refractivity contribution in [1.29, 1.82) is 5.26 Å². The van der Waals surface area contributed by atoms with E-state index in [1.807, 2.05) is 16.0 Å². The van der Waals surface area contributed by atoms with Crippen molar-refractivity contribution in [2.24, 2.45) is 5.92 Å².